The molecule has 9 heteroatoms. The lowest BCUT2D eigenvalue weighted by Crippen LogP contribution is -2.41. The lowest BCUT2D eigenvalue weighted by molar-refractivity contribution is -0.138. The zero-order valence-corrected chi connectivity index (χ0v) is 12.8. The molecule has 8 nitrogen and oxygen atoms in total. The van der Waals surface area contributed by atoms with Crippen molar-refractivity contribution < 1.29 is 27.5 Å². The minimum absolute atomic E-state index is 0.0136. The van der Waals surface area contributed by atoms with Gasteiger partial charge in [-0.1, -0.05) is 6.92 Å². The first-order chi connectivity index (χ1) is 9.57. The van der Waals surface area contributed by atoms with Gasteiger partial charge in [-0.3, -0.25) is 9.59 Å². The van der Waals surface area contributed by atoms with Crippen molar-refractivity contribution in [3.63, 3.8) is 0 Å². The quantitative estimate of drug-likeness (QED) is 0.788. The molecule has 0 aliphatic carbocycles. The van der Waals surface area contributed by atoms with Crippen molar-refractivity contribution in [2.24, 2.45) is 5.14 Å². The molecular formula is C12H18N2O6S. The molecule has 0 saturated carbocycles. The summed E-state index contributed by atoms with van der Waals surface area (Å²) >= 11 is 0. The summed E-state index contributed by atoms with van der Waals surface area (Å²) in [5.41, 5.74) is 0. The molecule has 1 atom stereocenters. The first kappa shape index (κ1) is 17.2. The van der Waals surface area contributed by atoms with E-state index in [-0.39, 0.29) is 22.5 Å². The molecule has 0 radical (unpaired) electrons. The Morgan fingerprint density at radius 2 is 2.05 bits per heavy atom. The molecule has 1 amide bonds. The van der Waals surface area contributed by atoms with E-state index >= 15 is 0 Å². The van der Waals surface area contributed by atoms with Crippen LogP contribution in [0.5, 0.6) is 0 Å². The van der Waals surface area contributed by atoms with Crippen LogP contribution in [0.25, 0.3) is 0 Å². The molecule has 0 saturated heterocycles. The molecule has 3 N–H and O–H groups in total. The predicted octanol–water partition coefficient (Wildman–Crippen LogP) is 0.561. The summed E-state index contributed by atoms with van der Waals surface area (Å²) in [6.07, 6.45) is 0.542. The number of carboxylic acids is 1. The van der Waals surface area contributed by atoms with E-state index in [2.05, 4.69) is 0 Å². The van der Waals surface area contributed by atoms with E-state index in [1.54, 1.807) is 13.8 Å². The van der Waals surface area contributed by atoms with Crippen molar-refractivity contribution in [1.29, 1.82) is 0 Å². The summed E-state index contributed by atoms with van der Waals surface area (Å²) in [6.45, 7) is 4.35. The van der Waals surface area contributed by atoms with Gasteiger partial charge in [-0.05, 0) is 20.3 Å². The summed E-state index contributed by atoms with van der Waals surface area (Å²) in [5, 5.41) is 13.9. The van der Waals surface area contributed by atoms with Crippen LogP contribution >= 0.6 is 0 Å². The number of aryl methyl sites for hydroxylation is 1. The number of carbonyl (C=O) groups is 2. The molecule has 118 valence electrons. The maximum Gasteiger partial charge on any atom is 0.323 e. The first-order valence-corrected chi connectivity index (χ1v) is 7.78. The average molecular weight is 318 g/mol. The highest BCUT2D eigenvalue weighted by atomic mass is 32.2. The van der Waals surface area contributed by atoms with Crippen molar-refractivity contribution in [2.45, 2.75) is 38.1 Å². The molecule has 1 unspecified atom stereocenters. The van der Waals surface area contributed by atoms with Crippen LogP contribution in [-0.4, -0.2) is 42.9 Å². The highest BCUT2D eigenvalue weighted by Gasteiger charge is 2.28. The van der Waals surface area contributed by atoms with Crippen LogP contribution in [0.4, 0.5) is 0 Å². The van der Waals surface area contributed by atoms with Crippen LogP contribution in [0.1, 0.15) is 36.6 Å². The third-order valence-electron chi connectivity index (χ3n) is 3.08. The largest absolute Gasteiger partial charge is 0.480 e. The third kappa shape index (κ3) is 4.05. The Kier molecular flexibility index (Phi) is 5.13. The first-order valence-electron chi connectivity index (χ1n) is 6.23. The van der Waals surface area contributed by atoms with Crippen molar-refractivity contribution in [3.8, 4) is 0 Å². The van der Waals surface area contributed by atoms with Gasteiger partial charge in [0.15, 0.2) is 5.76 Å². The van der Waals surface area contributed by atoms with Crippen molar-refractivity contribution in [3.05, 3.63) is 17.6 Å². The highest BCUT2D eigenvalue weighted by Crippen LogP contribution is 2.21. The van der Waals surface area contributed by atoms with E-state index in [1.165, 1.54) is 6.92 Å². The number of nitrogens with two attached hydrogens (primary N) is 1. The van der Waals surface area contributed by atoms with Crippen molar-refractivity contribution >= 4 is 21.9 Å². The van der Waals surface area contributed by atoms with Gasteiger partial charge in [-0.2, -0.15) is 0 Å². The Hall–Kier alpha value is -1.87. The number of nitrogens with zero attached hydrogens (tertiary/aromatic N) is 1. The molecule has 1 aromatic rings. The number of rotatable bonds is 6. The molecular weight excluding hydrogens is 300 g/mol. The second kappa shape index (κ2) is 6.27. The number of sulfonamides is 1. The molecule has 0 aliphatic heterocycles. The molecule has 1 heterocycles. The van der Waals surface area contributed by atoms with Gasteiger partial charge in [0.2, 0.25) is 10.0 Å². The van der Waals surface area contributed by atoms with E-state index in [9.17, 15) is 18.0 Å². The maximum absolute atomic E-state index is 12.3. The zero-order valence-electron chi connectivity index (χ0n) is 12.0. The fourth-order valence-corrected chi connectivity index (χ4v) is 2.50. The number of amides is 1. The maximum atomic E-state index is 12.3. The second-order valence-corrected chi connectivity index (χ2v) is 6.19. The Morgan fingerprint density at radius 1 is 1.48 bits per heavy atom. The van der Waals surface area contributed by atoms with Crippen LogP contribution in [0.2, 0.25) is 0 Å². The fraction of sp³-hybridized carbons (Fsp3) is 0.500. The number of primary sulfonamides is 1. The summed E-state index contributed by atoms with van der Waals surface area (Å²) in [5.74, 6) is -2.12. The van der Waals surface area contributed by atoms with Crippen LogP contribution in [0.15, 0.2) is 15.4 Å². The molecule has 0 spiro atoms. The van der Waals surface area contributed by atoms with E-state index in [0.717, 1.165) is 11.0 Å². The molecule has 0 bridgehead atoms. The van der Waals surface area contributed by atoms with E-state index < -0.39 is 28.4 Å². The summed E-state index contributed by atoms with van der Waals surface area (Å²) in [4.78, 5) is 24.0. The van der Waals surface area contributed by atoms with E-state index in [1.807, 2.05) is 0 Å². The molecule has 1 rings (SSSR count). The monoisotopic (exact) mass is 318 g/mol. The van der Waals surface area contributed by atoms with Gasteiger partial charge in [0.25, 0.3) is 5.91 Å². The zero-order chi connectivity index (χ0) is 16.4. The molecule has 21 heavy (non-hydrogen) atoms. The molecule has 1 aromatic heterocycles. The Morgan fingerprint density at radius 3 is 2.43 bits per heavy atom. The van der Waals surface area contributed by atoms with Crippen LogP contribution in [0.3, 0.4) is 0 Å². The molecule has 0 aromatic carbocycles. The Bertz CT molecular complexity index is 649. The second-order valence-electron chi connectivity index (χ2n) is 4.66. The standard InChI is InChI=1S/C12H18N2O6S/c1-4-7(2)14(6-11(15)16)12(17)9-5-10(8(3)20-9)21(13,18)19/h5,7H,4,6H2,1-3H3,(H,15,16)(H2,13,18,19). The van der Waals surface area contributed by atoms with Gasteiger partial charge >= 0.3 is 5.97 Å². The number of furan rings is 1. The topological polar surface area (TPSA) is 131 Å². The normalized spacial score (nSPS) is 13.0. The molecule has 0 aliphatic rings. The number of hydrogen-bond donors (Lipinski definition) is 2. The van der Waals surface area contributed by atoms with Gasteiger partial charge in [0.1, 0.15) is 17.2 Å². The van der Waals surface area contributed by atoms with E-state index in [4.69, 9.17) is 14.7 Å². The SMILES string of the molecule is CCC(C)N(CC(=O)O)C(=O)c1cc(S(N)(=O)=O)c(C)o1. The fourth-order valence-electron chi connectivity index (χ4n) is 1.79. The Balaban J connectivity index is 3.18. The van der Waals surface area contributed by atoms with Gasteiger partial charge in [0.05, 0.1) is 0 Å². The summed E-state index contributed by atoms with van der Waals surface area (Å²) in [6, 6.07) is 0.682. The van der Waals surface area contributed by atoms with Crippen LogP contribution < -0.4 is 5.14 Å². The van der Waals surface area contributed by atoms with Crippen LogP contribution in [0, 0.1) is 6.92 Å². The van der Waals surface area contributed by atoms with Crippen LogP contribution in [-0.2, 0) is 14.8 Å². The number of carboxylic acid groups (broad SMARTS) is 1. The highest BCUT2D eigenvalue weighted by molar-refractivity contribution is 7.89. The van der Waals surface area contributed by atoms with Crippen molar-refractivity contribution in [2.75, 3.05) is 6.54 Å². The van der Waals surface area contributed by atoms with Gasteiger partial charge in [-0.25, -0.2) is 13.6 Å². The summed E-state index contributed by atoms with van der Waals surface area (Å²) < 4.78 is 27.8. The molecule has 0 fully saturated rings. The van der Waals surface area contributed by atoms with E-state index in [0.29, 0.717) is 6.42 Å². The third-order valence-corrected chi connectivity index (χ3v) is 4.10. The number of aliphatic carboxylic acids is 1. The minimum Gasteiger partial charge on any atom is -0.480 e. The van der Waals surface area contributed by atoms with Crippen molar-refractivity contribution in [1.82, 2.24) is 4.90 Å². The smallest absolute Gasteiger partial charge is 0.323 e. The van der Waals surface area contributed by atoms with Gasteiger partial charge in [0, 0.05) is 12.1 Å². The minimum atomic E-state index is -4.00. The van der Waals surface area contributed by atoms with Gasteiger partial charge < -0.3 is 14.4 Å². The predicted molar refractivity (Wildman–Crippen MR) is 73.2 cm³/mol. The average Bonchev–Trinajstić information content (AvgIpc) is 2.76. The lowest BCUT2D eigenvalue weighted by Gasteiger charge is -2.25. The summed E-state index contributed by atoms with van der Waals surface area (Å²) in [7, 11) is -4.00. The van der Waals surface area contributed by atoms with Gasteiger partial charge in [-0.15, -0.1) is 0 Å². The Labute approximate surface area is 122 Å². The number of hydrogen-bond acceptors (Lipinski definition) is 5. The number of carbonyl (C=O) groups excluding carboxylic acids is 1. The lowest BCUT2D eigenvalue weighted by atomic mass is 10.2.